The molecule has 0 bridgehead atoms. The number of sulfonamides is 1. The number of hydrogen-bond acceptors (Lipinski definition) is 7. The Labute approximate surface area is 190 Å². The van der Waals surface area contributed by atoms with Crippen LogP contribution in [0.4, 0.5) is 11.4 Å². The summed E-state index contributed by atoms with van der Waals surface area (Å²) in [6.07, 6.45) is 12.6. The average Bonchev–Trinajstić information content (AvgIpc) is 2.79. The van der Waals surface area contributed by atoms with Crippen molar-refractivity contribution < 1.29 is 18.1 Å². The van der Waals surface area contributed by atoms with Crippen LogP contribution >= 0.6 is 0 Å². The Bertz CT molecular complexity index is 884. The van der Waals surface area contributed by atoms with Crippen LogP contribution in [0.25, 0.3) is 0 Å². The van der Waals surface area contributed by atoms with Gasteiger partial charge in [0.1, 0.15) is 5.69 Å². The summed E-state index contributed by atoms with van der Waals surface area (Å²) in [6.45, 7) is 1.12. The maximum Gasteiger partial charge on any atom is 0.295 e. The van der Waals surface area contributed by atoms with E-state index in [-0.39, 0.29) is 29.4 Å². The number of nitro groups is 1. The molecule has 3 rings (SSSR count). The highest BCUT2D eigenvalue weighted by Crippen LogP contribution is 2.29. The predicted molar refractivity (Wildman–Crippen MR) is 125 cm³/mol. The molecule has 0 unspecified atom stereocenters. The molecule has 1 aliphatic carbocycles. The number of nitrogens with zero attached hydrogens (tertiary/aromatic N) is 3. The molecule has 2 aliphatic rings. The molecule has 0 spiro atoms. The van der Waals surface area contributed by atoms with Crippen LogP contribution in [0.1, 0.15) is 70.6 Å². The lowest BCUT2D eigenvalue weighted by Crippen LogP contribution is -2.40. The van der Waals surface area contributed by atoms with Crippen molar-refractivity contribution in [3.05, 3.63) is 28.3 Å². The molecule has 1 aromatic carbocycles. The largest absolute Gasteiger partial charge is 0.379 e. The minimum absolute atomic E-state index is 0.0877. The Morgan fingerprint density at radius 1 is 0.938 bits per heavy atom. The summed E-state index contributed by atoms with van der Waals surface area (Å²) in [5.74, 6) is 0. The van der Waals surface area contributed by atoms with E-state index in [1.54, 1.807) is 0 Å². The van der Waals surface area contributed by atoms with Gasteiger partial charge in [0, 0.05) is 24.9 Å². The van der Waals surface area contributed by atoms with Crippen molar-refractivity contribution in [2.75, 3.05) is 31.7 Å². The molecule has 2 fully saturated rings. The number of hydrazone groups is 1. The number of nitro benzene ring substituents is 1. The number of nitrogens with one attached hydrogen (secondary N) is 1. The quantitative estimate of drug-likeness (QED) is 0.497. The van der Waals surface area contributed by atoms with Gasteiger partial charge in [-0.05, 0) is 37.8 Å². The molecule has 178 valence electrons. The zero-order valence-electron chi connectivity index (χ0n) is 18.6. The van der Waals surface area contributed by atoms with Gasteiger partial charge in [-0.15, -0.1) is 0 Å². The third-order valence-electron chi connectivity index (χ3n) is 6.04. The number of hydrogen-bond donors (Lipinski definition) is 1. The molecule has 1 N–H and O–H groups in total. The van der Waals surface area contributed by atoms with Crippen molar-refractivity contribution in [3.8, 4) is 0 Å². The first-order valence-corrected chi connectivity index (χ1v) is 13.1. The fraction of sp³-hybridized carbons (Fsp3) is 0.682. The summed E-state index contributed by atoms with van der Waals surface area (Å²) < 4.78 is 32.2. The van der Waals surface area contributed by atoms with Crippen LogP contribution in [-0.4, -0.2) is 49.7 Å². The lowest BCUT2D eigenvalue weighted by molar-refractivity contribution is -0.384. The Kier molecular flexibility index (Phi) is 9.43. The van der Waals surface area contributed by atoms with Crippen LogP contribution in [0.5, 0.6) is 0 Å². The lowest BCUT2D eigenvalue weighted by Gasteiger charge is -2.26. The molecule has 0 aromatic heterocycles. The van der Waals surface area contributed by atoms with E-state index in [0.29, 0.717) is 13.2 Å². The Balaban J connectivity index is 1.75. The molecule has 1 saturated carbocycles. The Hall–Kier alpha value is -2.04. The first-order valence-electron chi connectivity index (χ1n) is 11.7. The van der Waals surface area contributed by atoms with Crippen LogP contribution in [0.15, 0.2) is 28.2 Å². The van der Waals surface area contributed by atoms with Crippen molar-refractivity contribution in [2.45, 2.75) is 75.5 Å². The van der Waals surface area contributed by atoms with E-state index in [1.807, 2.05) is 0 Å². The van der Waals surface area contributed by atoms with E-state index in [4.69, 9.17) is 4.74 Å². The molecule has 0 amide bonds. The second-order valence-electron chi connectivity index (χ2n) is 8.42. The third-order valence-corrected chi connectivity index (χ3v) is 7.93. The van der Waals surface area contributed by atoms with E-state index in [1.165, 1.54) is 61.4 Å². The predicted octanol–water partition coefficient (Wildman–Crippen LogP) is 4.69. The van der Waals surface area contributed by atoms with E-state index in [0.717, 1.165) is 37.5 Å². The third kappa shape index (κ3) is 6.98. The van der Waals surface area contributed by atoms with E-state index in [2.05, 4.69) is 10.5 Å². The fourth-order valence-electron chi connectivity index (χ4n) is 4.13. The summed E-state index contributed by atoms with van der Waals surface area (Å²) >= 11 is 0. The van der Waals surface area contributed by atoms with Crippen LogP contribution in [0.2, 0.25) is 0 Å². The van der Waals surface area contributed by atoms with Crippen LogP contribution in [0, 0.1) is 10.1 Å². The first-order chi connectivity index (χ1) is 15.5. The van der Waals surface area contributed by atoms with Crippen molar-refractivity contribution in [1.29, 1.82) is 0 Å². The van der Waals surface area contributed by atoms with Crippen molar-refractivity contribution >= 4 is 27.1 Å². The van der Waals surface area contributed by atoms with Crippen molar-refractivity contribution in [3.63, 3.8) is 0 Å². The van der Waals surface area contributed by atoms with Crippen molar-refractivity contribution in [1.82, 2.24) is 4.31 Å². The number of ether oxygens (including phenoxy) is 1. The molecular weight excluding hydrogens is 432 g/mol. The number of rotatable bonds is 5. The Morgan fingerprint density at radius 3 is 2.06 bits per heavy atom. The highest BCUT2D eigenvalue weighted by molar-refractivity contribution is 7.89. The van der Waals surface area contributed by atoms with Gasteiger partial charge < -0.3 is 4.74 Å². The normalized spacial score (nSPS) is 20.1. The highest BCUT2D eigenvalue weighted by Gasteiger charge is 2.28. The van der Waals surface area contributed by atoms with E-state index in [9.17, 15) is 18.5 Å². The monoisotopic (exact) mass is 466 g/mol. The van der Waals surface area contributed by atoms with Gasteiger partial charge in [-0.25, -0.2) is 8.42 Å². The highest BCUT2D eigenvalue weighted by atomic mass is 32.2. The number of benzene rings is 1. The van der Waals surface area contributed by atoms with E-state index >= 15 is 0 Å². The van der Waals surface area contributed by atoms with E-state index < -0.39 is 14.9 Å². The van der Waals surface area contributed by atoms with Gasteiger partial charge in [0.15, 0.2) is 0 Å². The maximum absolute atomic E-state index is 12.9. The summed E-state index contributed by atoms with van der Waals surface area (Å²) in [5, 5.41) is 16.2. The fourth-order valence-corrected chi connectivity index (χ4v) is 5.55. The van der Waals surface area contributed by atoms with Gasteiger partial charge in [0.25, 0.3) is 5.69 Å². The summed E-state index contributed by atoms with van der Waals surface area (Å²) in [7, 11) is -3.81. The van der Waals surface area contributed by atoms with Crippen molar-refractivity contribution in [2.24, 2.45) is 5.10 Å². The maximum atomic E-state index is 12.9. The second kappa shape index (κ2) is 12.3. The molecule has 1 saturated heterocycles. The van der Waals surface area contributed by atoms with Gasteiger partial charge in [-0.3, -0.25) is 15.5 Å². The zero-order chi connectivity index (χ0) is 22.8. The minimum atomic E-state index is -3.81. The molecular formula is C22H34N4O5S. The molecule has 0 atom stereocenters. The average molecular weight is 467 g/mol. The van der Waals surface area contributed by atoms with Gasteiger partial charge >= 0.3 is 0 Å². The molecule has 10 heteroatoms. The molecule has 0 radical (unpaired) electrons. The molecule has 1 aliphatic heterocycles. The molecule has 1 heterocycles. The van der Waals surface area contributed by atoms with Crippen LogP contribution < -0.4 is 5.43 Å². The van der Waals surface area contributed by atoms with Gasteiger partial charge in [-0.2, -0.15) is 9.41 Å². The SMILES string of the molecule is O=[N+]([O-])c1cc(S(=O)(=O)N2CCOCC2)ccc1NN=C1CCCCCCCCCCC1. The standard InChI is InChI=1S/C22H34N4O5S/c27-26(28)22-18-20(32(29,30)25-14-16-31-17-15-25)12-13-21(22)24-23-19-10-8-6-4-2-1-3-5-7-9-11-19/h12-13,18,24H,1-11,14-17H2. The summed E-state index contributed by atoms with van der Waals surface area (Å²) in [5.41, 5.74) is 3.78. The molecule has 32 heavy (non-hydrogen) atoms. The number of anilines is 1. The minimum Gasteiger partial charge on any atom is -0.379 e. The first kappa shape index (κ1) is 24.6. The van der Waals surface area contributed by atoms with Gasteiger partial charge in [0.2, 0.25) is 10.0 Å². The van der Waals surface area contributed by atoms with Gasteiger partial charge in [0.05, 0.1) is 23.0 Å². The molecule has 1 aromatic rings. The van der Waals surface area contributed by atoms with Crippen LogP contribution in [-0.2, 0) is 14.8 Å². The van der Waals surface area contributed by atoms with Crippen LogP contribution in [0.3, 0.4) is 0 Å². The second-order valence-corrected chi connectivity index (χ2v) is 10.4. The smallest absolute Gasteiger partial charge is 0.295 e. The Morgan fingerprint density at radius 2 is 1.50 bits per heavy atom. The molecule has 9 nitrogen and oxygen atoms in total. The van der Waals surface area contributed by atoms with Gasteiger partial charge in [-0.1, -0.05) is 44.9 Å². The zero-order valence-corrected chi connectivity index (χ0v) is 19.4. The lowest BCUT2D eigenvalue weighted by atomic mass is 10.00. The topological polar surface area (TPSA) is 114 Å². The summed E-state index contributed by atoms with van der Waals surface area (Å²) in [6, 6.07) is 3.96. The number of morpholine rings is 1. The summed E-state index contributed by atoms with van der Waals surface area (Å²) in [4.78, 5) is 11.0.